The van der Waals surface area contributed by atoms with Crippen LogP contribution in [-0.4, -0.2) is 31.1 Å². The van der Waals surface area contributed by atoms with E-state index in [1.807, 2.05) is 0 Å². The van der Waals surface area contributed by atoms with Crippen molar-refractivity contribution >= 4 is 17.8 Å². The summed E-state index contributed by atoms with van der Waals surface area (Å²) in [7, 11) is 4.51. The molecule has 0 atom stereocenters. The first-order valence-corrected chi connectivity index (χ1v) is 6.07. The second-order valence-electron chi connectivity index (χ2n) is 4.50. The van der Waals surface area contributed by atoms with Crippen molar-refractivity contribution in [2.45, 2.75) is 13.5 Å². The van der Waals surface area contributed by atoms with Gasteiger partial charge < -0.3 is 8.77 Å². The number of carbonyl (C=O) groups excluding carboxylic acids is 1. The molecule has 100 valence electrons. The van der Waals surface area contributed by atoms with E-state index in [4.69, 9.17) is 0 Å². The summed E-state index contributed by atoms with van der Waals surface area (Å²) in [4.78, 5) is 9.71. The second kappa shape index (κ2) is 8.72. The van der Waals surface area contributed by atoms with Gasteiger partial charge in [0, 0.05) is 11.6 Å². The standard InChI is InChI=1S/C11H18N.C3H3ClO2/c1-4-12(2,3)10-11-8-6-5-7-9-11;1-2-3(5)6-4/h5-9H,4,10H2,1-3H3;2H,1H2/q+1;. The van der Waals surface area contributed by atoms with Gasteiger partial charge in [0.1, 0.15) is 18.4 Å². The monoisotopic (exact) mass is 270 g/mol. The number of hydrogen-bond acceptors (Lipinski definition) is 2. The highest BCUT2D eigenvalue weighted by Crippen LogP contribution is 2.07. The first-order chi connectivity index (χ1) is 8.45. The summed E-state index contributed by atoms with van der Waals surface area (Å²) >= 11 is 4.53. The Labute approximate surface area is 114 Å². The molecule has 3 nitrogen and oxygen atoms in total. The van der Waals surface area contributed by atoms with Gasteiger partial charge in [0.2, 0.25) is 0 Å². The molecule has 0 amide bonds. The molecule has 0 N–H and O–H groups in total. The Balaban J connectivity index is 0.000000411. The molecule has 0 aliphatic heterocycles. The summed E-state index contributed by atoms with van der Waals surface area (Å²) in [5.74, 6) is -0.628. The lowest BCUT2D eigenvalue weighted by Crippen LogP contribution is -2.38. The molecule has 0 saturated carbocycles. The Morgan fingerprint density at radius 1 is 1.39 bits per heavy atom. The zero-order valence-corrected chi connectivity index (χ0v) is 12.0. The fraction of sp³-hybridized carbons (Fsp3) is 0.357. The van der Waals surface area contributed by atoms with Gasteiger partial charge in [-0.3, -0.25) is 0 Å². The molecular formula is C14H21ClNO2+. The maximum Gasteiger partial charge on any atom is 0.348 e. The maximum absolute atomic E-state index is 9.71. The highest BCUT2D eigenvalue weighted by atomic mass is 35.5. The predicted molar refractivity (Wildman–Crippen MR) is 74.9 cm³/mol. The van der Waals surface area contributed by atoms with Crippen molar-refractivity contribution in [3.63, 3.8) is 0 Å². The van der Waals surface area contributed by atoms with E-state index in [0.717, 1.165) is 17.1 Å². The number of quaternary nitrogens is 1. The molecule has 0 heterocycles. The van der Waals surface area contributed by atoms with E-state index in [9.17, 15) is 4.79 Å². The summed E-state index contributed by atoms with van der Waals surface area (Å²) < 4.78 is 4.67. The molecule has 1 rings (SSSR count). The molecule has 1 aromatic rings. The molecule has 18 heavy (non-hydrogen) atoms. The Morgan fingerprint density at radius 2 is 1.94 bits per heavy atom. The van der Waals surface area contributed by atoms with Crippen LogP contribution >= 0.6 is 11.9 Å². The van der Waals surface area contributed by atoms with Crippen molar-refractivity contribution < 1.29 is 13.6 Å². The van der Waals surface area contributed by atoms with Crippen LogP contribution in [0.3, 0.4) is 0 Å². The third-order valence-corrected chi connectivity index (χ3v) is 2.70. The van der Waals surface area contributed by atoms with Crippen LogP contribution < -0.4 is 0 Å². The van der Waals surface area contributed by atoms with E-state index in [-0.39, 0.29) is 0 Å². The van der Waals surface area contributed by atoms with Crippen LogP contribution in [0.4, 0.5) is 0 Å². The van der Waals surface area contributed by atoms with Crippen LogP contribution in [0.5, 0.6) is 0 Å². The van der Waals surface area contributed by atoms with Gasteiger partial charge in [0.15, 0.2) is 0 Å². The van der Waals surface area contributed by atoms with Crippen LogP contribution in [0.1, 0.15) is 12.5 Å². The molecule has 1 aromatic carbocycles. The Hall–Kier alpha value is -1.32. The number of hydrogen-bond donors (Lipinski definition) is 0. The van der Waals surface area contributed by atoms with Gasteiger partial charge in [-0.25, -0.2) is 4.79 Å². The van der Waals surface area contributed by atoms with Gasteiger partial charge in [0.05, 0.1) is 20.6 Å². The van der Waals surface area contributed by atoms with Crippen LogP contribution in [0.25, 0.3) is 0 Å². The third kappa shape index (κ3) is 7.87. The largest absolute Gasteiger partial charge is 0.348 e. The molecule has 0 aromatic heterocycles. The molecule has 0 aliphatic rings. The number of rotatable bonds is 4. The average Bonchev–Trinajstić information content (AvgIpc) is 2.39. The third-order valence-electron chi connectivity index (χ3n) is 2.55. The molecule has 0 fully saturated rings. The normalized spacial score (nSPS) is 10.0. The highest BCUT2D eigenvalue weighted by Gasteiger charge is 2.11. The van der Waals surface area contributed by atoms with E-state index in [1.54, 1.807) is 0 Å². The summed E-state index contributed by atoms with van der Waals surface area (Å²) in [6.45, 7) is 7.60. The minimum atomic E-state index is -0.628. The molecule has 0 aliphatic carbocycles. The maximum atomic E-state index is 9.71. The smallest absolute Gasteiger partial charge is 0.344 e. The van der Waals surface area contributed by atoms with Gasteiger partial charge in [-0.15, -0.1) is 0 Å². The first kappa shape index (κ1) is 16.7. The van der Waals surface area contributed by atoms with E-state index in [1.165, 1.54) is 12.1 Å². The van der Waals surface area contributed by atoms with Gasteiger partial charge in [-0.2, -0.15) is 0 Å². The lowest BCUT2D eigenvalue weighted by Gasteiger charge is -2.28. The summed E-state index contributed by atoms with van der Waals surface area (Å²) in [5, 5.41) is 0. The Bertz CT molecular complexity index is 363. The van der Waals surface area contributed by atoms with E-state index < -0.39 is 5.97 Å². The van der Waals surface area contributed by atoms with Crippen LogP contribution in [0.15, 0.2) is 43.0 Å². The lowest BCUT2D eigenvalue weighted by molar-refractivity contribution is -0.901. The van der Waals surface area contributed by atoms with Crippen molar-refractivity contribution in [2.24, 2.45) is 0 Å². The minimum Gasteiger partial charge on any atom is -0.344 e. The molecule has 0 spiro atoms. The Kier molecular flexibility index (Phi) is 8.08. The van der Waals surface area contributed by atoms with Crippen LogP contribution in [0, 0.1) is 0 Å². The molecular weight excluding hydrogens is 250 g/mol. The molecule has 0 bridgehead atoms. The van der Waals surface area contributed by atoms with Gasteiger partial charge in [-0.05, 0) is 6.92 Å². The summed E-state index contributed by atoms with van der Waals surface area (Å²) in [6, 6.07) is 10.6. The van der Waals surface area contributed by atoms with Gasteiger partial charge in [-0.1, -0.05) is 36.9 Å². The quantitative estimate of drug-likeness (QED) is 0.621. The predicted octanol–water partition coefficient (Wildman–Crippen LogP) is 3.15. The van der Waals surface area contributed by atoms with Crippen LogP contribution in [0.2, 0.25) is 0 Å². The zero-order chi connectivity index (χ0) is 14.0. The molecule has 4 heteroatoms. The second-order valence-corrected chi connectivity index (χ2v) is 4.65. The number of nitrogens with zero attached hydrogens (tertiary/aromatic N) is 1. The first-order valence-electron chi connectivity index (χ1n) is 5.76. The van der Waals surface area contributed by atoms with Crippen LogP contribution in [-0.2, 0) is 15.6 Å². The van der Waals surface area contributed by atoms with Gasteiger partial charge in [0.25, 0.3) is 0 Å². The number of halogens is 1. The molecule has 0 unspecified atom stereocenters. The topological polar surface area (TPSA) is 26.3 Å². The fourth-order valence-electron chi connectivity index (χ4n) is 1.22. The molecule has 0 radical (unpaired) electrons. The van der Waals surface area contributed by atoms with Crippen molar-refractivity contribution in [3.8, 4) is 0 Å². The SMILES string of the molecule is C=CC(=O)OCl.CC[N+](C)(C)Cc1ccccc1. The summed E-state index contributed by atoms with van der Waals surface area (Å²) in [5.41, 5.74) is 1.42. The van der Waals surface area contributed by atoms with Gasteiger partial charge >= 0.3 is 5.97 Å². The van der Waals surface area contributed by atoms with E-state index in [0.29, 0.717) is 0 Å². The zero-order valence-electron chi connectivity index (χ0n) is 11.2. The van der Waals surface area contributed by atoms with E-state index in [2.05, 4.69) is 74.1 Å². The average molecular weight is 271 g/mol. The van der Waals surface area contributed by atoms with Crippen molar-refractivity contribution in [1.29, 1.82) is 0 Å². The number of carbonyl (C=O) groups is 1. The van der Waals surface area contributed by atoms with Crippen molar-refractivity contribution in [2.75, 3.05) is 20.6 Å². The molecule has 0 saturated heterocycles. The van der Waals surface area contributed by atoms with Crippen molar-refractivity contribution in [3.05, 3.63) is 48.6 Å². The van der Waals surface area contributed by atoms with Crippen molar-refractivity contribution in [1.82, 2.24) is 0 Å². The number of benzene rings is 1. The summed E-state index contributed by atoms with van der Waals surface area (Å²) in [6.07, 6.45) is 0.979. The lowest BCUT2D eigenvalue weighted by atomic mass is 10.2. The fourth-order valence-corrected chi connectivity index (χ4v) is 1.28. The minimum absolute atomic E-state index is 0.628. The highest BCUT2D eigenvalue weighted by molar-refractivity contribution is 6.14. The van der Waals surface area contributed by atoms with E-state index >= 15 is 0 Å². The Morgan fingerprint density at radius 3 is 2.28 bits per heavy atom.